The van der Waals surface area contributed by atoms with Crippen molar-refractivity contribution in [2.24, 2.45) is 5.41 Å². The molecule has 2 heteroatoms. The third kappa shape index (κ3) is 2.73. The molecule has 0 aromatic heterocycles. The minimum atomic E-state index is 0.00519. The Morgan fingerprint density at radius 2 is 1.27 bits per heavy atom. The van der Waals surface area contributed by atoms with Crippen molar-refractivity contribution in [3.05, 3.63) is 0 Å². The summed E-state index contributed by atoms with van der Waals surface area (Å²) in [5.74, 6) is 0. The molecule has 0 spiro atoms. The van der Waals surface area contributed by atoms with Gasteiger partial charge in [0.15, 0.2) is 6.29 Å². The van der Waals surface area contributed by atoms with Crippen molar-refractivity contribution in [2.75, 3.05) is 0 Å². The molecule has 15 heavy (non-hydrogen) atoms. The zero-order chi connectivity index (χ0) is 10.9. The average molecular weight is 212 g/mol. The summed E-state index contributed by atoms with van der Waals surface area (Å²) in [6.07, 6.45) is 8.48. The van der Waals surface area contributed by atoms with E-state index >= 15 is 0 Å². The van der Waals surface area contributed by atoms with Crippen LogP contribution in [-0.4, -0.2) is 18.5 Å². The molecule has 1 heterocycles. The Kier molecular flexibility index (Phi) is 3.36. The molecule has 2 unspecified atom stereocenters. The fraction of sp³-hybridized carbons (Fsp3) is 1.00. The zero-order valence-corrected chi connectivity index (χ0v) is 10.3. The molecule has 2 aliphatic rings. The van der Waals surface area contributed by atoms with Gasteiger partial charge in [-0.3, -0.25) is 0 Å². The smallest absolute Gasteiger partial charge is 0.163 e. The molecule has 2 atom stereocenters. The average Bonchev–Trinajstić information content (AvgIpc) is 2.46. The molecule has 2 rings (SSSR count). The highest BCUT2D eigenvalue weighted by atomic mass is 16.7. The molecule has 0 bridgehead atoms. The monoisotopic (exact) mass is 212 g/mol. The van der Waals surface area contributed by atoms with Gasteiger partial charge in [-0.1, -0.05) is 46.5 Å². The third-order valence-corrected chi connectivity index (χ3v) is 3.45. The lowest BCUT2D eigenvalue weighted by molar-refractivity contribution is -0.132. The van der Waals surface area contributed by atoms with Crippen LogP contribution >= 0.6 is 0 Å². The van der Waals surface area contributed by atoms with E-state index in [1.54, 1.807) is 0 Å². The van der Waals surface area contributed by atoms with Gasteiger partial charge in [-0.15, -0.1) is 0 Å². The molecule has 1 aliphatic carbocycles. The molecule has 0 radical (unpaired) electrons. The van der Waals surface area contributed by atoms with Crippen LogP contribution in [0.25, 0.3) is 0 Å². The molecule has 1 saturated heterocycles. The number of rotatable bonds is 0. The molecule has 1 saturated carbocycles. The summed E-state index contributed by atoms with van der Waals surface area (Å²) in [6, 6.07) is 0. The molecular formula is C13H24O2. The van der Waals surface area contributed by atoms with E-state index in [1.165, 1.54) is 38.5 Å². The minimum absolute atomic E-state index is 0.00519. The van der Waals surface area contributed by atoms with Crippen LogP contribution in [0.2, 0.25) is 0 Å². The Morgan fingerprint density at radius 3 is 1.67 bits per heavy atom. The van der Waals surface area contributed by atoms with Crippen LogP contribution in [-0.2, 0) is 9.47 Å². The van der Waals surface area contributed by atoms with Gasteiger partial charge in [0.25, 0.3) is 0 Å². The van der Waals surface area contributed by atoms with E-state index in [-0.39, 0.29) is 11.7 Å². The summed E-state index contributed by atoms with van der Waals surface area (Å²) in [5.41, 5.74) is 0.112. The second-order valence-corrected chi connectivity index (χ2v) is 6.04. The van der Waals surface area contributed by atoms with Crippen LogP contribution in [0.4, 0.5) is 0 Å². The second-order valence-electron chi connectivity index (χ2n) is 6.04. The molecule has 0 N–H and O–H groups in total. The maximum atomic E-state index is 6.04. The summed E-state index contributed by atoms with van der Waals surface area (Å²) in [7, 11) is 0. The molecule has 88 valence electrons. The largest absolute Gasteiger partial charge is 0.346 e. The quantitative estimate of drug-likeness (QED) is 0.612. The SMILES string of the molecule is CC(C)(C)C1OC2CCCCCCC2O1. The summed E-state index contributed by atoms with van der Waals surface area (Å²) < 4.78 is 12.1. The fourth-order valence-electron chi connectivity index (χ4n) is 2.49. The number of fused-ring (bicyclic) bond motifs is 1. The Labute approximate surface area is 93.3 Å². The lowest BCUT2D eigenvalue weighted by atomic mass is 9.96. The van der Waals surface area contributed by atoms with Gasteiger partial charge >= 0.3 is 0 Å². The van der Waals surface area contributed by atoms with Crippen LogP contribution in [0.3, 0.4) is 0 Å². The van der Waals surface area contributed by atoms with Gasteiger partial charge in [0.2, 0.25) is 0 Å². The first kappa shape index (κ1) is 11.4. The maximum Gasteiger partial charge on any atom is 0.163 e. The Hall–Kier alpha value is -0.0800. The highest BCUT2D eigenvalue weighted by Gasteiger charge is 2.41. The van der Waals surface area contributed by atoms with E-state index in [9.17, 15) is 0 Å². The van der Waals surface area contributed by atoms with Crippen LogP contribution in [0, 0.1) is 5.41 Å². The normalized spacial score (nSPS) is 38.2. The first-order valence-electron chi connectivity index (χ1n) is 6.38. The van der Waals surface area contributed by atoms with Gasteiger partial charge in [0.05, 0.1) is 12.2 Å². The molecule has 0 aromatic rings. The summed E-state index contributed by atoms with van der Waals surface area (Å²) in [4.78, 5) is 0. The van der Waals surface area contributed by atoms with E-state index in [2.05, 4.69) is 20.8 Å². The highest BCUT2D eigenvalue weighted by Crippen LogP contribution is 2.36. The summed E-state index contributed by atoms with van der Waals surface area (Å²) in [6.45, 7) is 6.57. The second kappa shape index (κ2) is 4.42. The first-order valence-corrected chi connectivity index (χ1v) is 6.38. The van der Waals surface area contributed by atoms with Gasteiger partial charge in [-0.25, -0.2) is 0 Å². The van der Waals surface area contributed by atoms with Crippen molar-refractivity contribution >= 4 is 0 Å². The maximum absolute atomic E-state index is 6.04. The minimum Gasteiger partial charge on any atom is -0.346 e. The molecule has 0 amide bonds. The Bertz CT molecular complexity index is 191. The fourth-order valence-corrected chi connectivity index (χ4v) is 2.49. The van der Waals surface area contributed by atoms with Gasteiger partial charge in [-0.05, 0) is 12.8 Å². The standard InChI is InChI=1S/C13H24O2/c1-13(2,3)12-14-10-8-6-4-5-7-9-11(10)15-12/h10-12H,4-9H2,1-3H3. The third-order valence-electron chi connectivity index (χ3n) is 3.45. The summed E-state index contributed by atoms with van der Waals surface area (Å²) >= 11 is 0. The molecular weight excluding hydrogens is 188 g/mol. The van der Waals surface area contributed by atoms with Crippen molar-refractivity contribution in [3.63, 3.8) is 0 Å². The topological polar surface area (TPSA) is 18.5 Å². The summed E-state index contributed by atoms with van der Waals surface area (Å²) in [5, 5.41) is 0. The van der Waals surface area contributed by atoms with Gasteiger partial charge in [0, 0.05) is 5.41 Å². The van der Waals surface area contributed by atoms with Crippen molar-refractivity contribution in [2.45, 2.75) is 77.8 Å². The van der Waals surface area contributed by atoms with Gasteiger partial charge in [-0.2, -0.15) is 0 Å². The number of hydrogen-bond donors (Lipinski definition) is 0. The van der Waals surface area contributed by atoms with Crippen molar-refractivity contribution in [1.82, 2.24) is 0 Å². The lowest BCUT2D eigenvalue weighted by Gasteiger charge is -2.25. The molecule has 1 aliphatic heterocycles. The van der Waals surface area contributed by atoms with E-state index in [1.807, 2.05) is 0 Å². The molecule has 2 nitrogen and oxygen atoms in total. The highest BCUT2D eigenvalue weighted by molar-refractivity contribution is 4.83. The predicted molar refractivity (Wildman–Crippen MR) is 60.7 cm³/mol. The Morgan fingerprint density at radius 1 is 0.800 bits per heavy atom. The van der Waals surface area contributed by atoms with Crippen LogP contribution < -0.4 is 0 Å². The first-order chi connectivity index (χ1) is 7.07. The molecule has 2 fully saturated rings. The lowest BCUT2D eigenvalue weighted by Crippen LogP contribution is -2.27. The number of hydrogen-bond acceptors (Lipinski definition) is 2. The van der Waals surface area contributed by atoms with Crippen LogP contribution in [0.5, 0.6) is 0 Å². The van der Waals surface area contributed by atoms with Crippen molar-refractivity contribution in [1.29, 1.82) is 0 Å². The van der Waals surface area contributed by atoms with E-state index in [0.29, 0.717) is 12.2 Å². The van der Waals surface area contributed by atoms with Gasteiger partial charge < -0.3 is 9.47 Å². The number of ether oxygens (including phenoxy) is 2. The van der Waals surface area contributed by atoms with Gasteiger partial charge in [0.1, 0.15) is 0 Å². The van der Waals surface area contributed by atoms with Crippen molar-refractivity contribution in [3.8, 4) is 0 Å². The van der Waals surface area contributed by atoms with E-state index < -0.39 is 0 Å². The molecule has 0 aromatic carbocycles. The van der Waals surface area contributed by atoms with Crippen LogP contribution in [0.1, 0.15) is 59.3 Å². The zero-order valence-electron chi connectivity index (χ0n) is 10.3. The van der Waals surface area contributed by atoms with E-state index in [0.717, 1.165) is 0 Å². The predicted octanol–water partition coefficient (Wildman–Crippen LogP) is 3.50. The van der Waals surface area contributed by atoms with Crippen LogP contribution in [0.15, 0.2) is 0 Å². The van der Waals surface area contributed by atoms with Crippen molar-refractivity contribution < 1.29 is 9.47 Å². The van der Waals surface area contributed by atoms with E-state index in [4.69, 9.17) is 9.47 Å². The Balaban J connectivity index is 1.97.